The Balaban J connectivity index is 1.96. The van der Waals surface area contributed by atoms with Gasteiger partial charge >= 0.3 is 0 Å². The van der Waals surface area contributed by atoms with Gasteiger partial charge in [-0.1, -0.05) is 29.8 Å². The van der Waals surface area contributed by atoms with E-state index in [1.165, 1.54) is 50.2 Å². The molecule has 0 amide bonds. The maximum absolute atomic E-state index is 2.33. The topological polar surface area (TPSA) is 3.88 Å². The summed E-state index contributed by atoms with van der Waals surface area (Å²) in [4.78, 5) is 0. The predicted molar refractivity (Wildman–Crippen MR) is 95.5 cm³/mol. The van der Waals surface area contributed by atoms with Gasteiger partial charge in [0, 0.05) is 17.7 Å². The lowest BCUT2D eigenvalue weighted by molar-refractivity contribution is -0.660. The van der Waals surface area contributed by atoms with E-state index < -0.39 is 0 Å². The number of rotatable bonds is 1. The van der Waals surface area contributed by atoms with E-state index in [9.17, 15) is 0 Å². The van der Waals surface area contributed by atoms with Crippen LogP contribution in [0.2, 0.25) is 0 Å². The van der Waals surface area contributed by atoms with Gasteiger partial charge in [0.1, 0.15) is 7.05 Å². The molecule has 1 heterocycles. The Hall–Kier alpha value is -2.41. The Morgan fingerprint density at radius 1 is 0.783 bits per heavy atom. The highest BCUT2D eigenvalue weighted by atomic mass is 14.9. The van der Waals surface area contributed by atoms with Crippen molar-refractivity contribution in [2.24, 2.45) is 7.05 Å². The third-order valence-electron chi connectivity index (χ3n) is 5.04. The van der Waals surface area contributed by atoms with E-state index in [0.717, 1.165) is 6.42 Å². The molecule has 4 rings (SSSR count). The van der Waals surface area contributed by atoms with E-state index in [1.807, 2.05) is 0 Å². The summed E-state index contributed by atoms with van der Waals surface area (Å²) < 4.78 is 2.22. The minimum absolute atomic E-state index is 1.06. The molecule has 0 N–H and O–H groups in total. The number of pyridine rings is 1. The number of fused-ring (bicyclic) bond motifs is 3. The zero-order valence-electron chi connectivity index (χ0n) is 14.3. The van der Waals surface area contributed by atoms with Crippen molar-refractivity contribution in [2.75, 3.05) is 0 Å². The molecule has 114 valence electrons. The number of benzene rings is 2. The summed E-state index contributed by atoms with van der Waals surface area (Å²) in [6, 6.07) is 15.9. The molecule has 0 fully saturated rings. The Labute approximate surface area is 138 Å². The smallest absolute Gasteiger partial charge is 0.201 e. The van der Waals surface area contributed by atoms with Gasteiger partial charge in [0.05, 0.1) is 0 Å². The van der Waals surface area contributed by atoms with Crippen LogP contribution in [0.1, 0.15) is 27.8 Å². The van der Waals surface area contributed by atoms with Crippen LogP contribution in [0.15, 0.2) is 48.7 Å². The van der Waals surface area contributed by atoms with Crippen molar-refractivity contribution in [3.05, 3.63) is 76.5 Å². The summed E-state index contributed by atoms with van der Waals surface area (Å²) >= 11 is 0. The average molecular weight is 300 g/mol. The van der Waals surface area contributed by atoms with Gasteiger partial charge in [0.2, 0.25) is 5.69 Å². The van der Waals surface area contributed by atoms with Gasteiger partial charge in [-0.05, 0) is 66.6 Å². The quantitative estimate of drug-likeness (QED) is 0.450. The van der Waals surface area contributed by atoms with Crippen molar-refractivity contribution < 1.29 is 4.57 Å². The second kappa shape index (κ2) is 5.06. The summed E-state index contributed by atoms with van der Waals surface area (Å²) in [6.07, 6.45) is 3.21. The first-order valence-corrected chi connectivity index (χ1v) is 8.23. The normalized spacial score (nSPS) is 12.2. The summed E-state index contributed by atoms with van der Waals surface area (Å²) in [5, 5.41) is 0. The fraction of sp³-hybridized carbons (Fsp3) is 0.227. The number of nitrogens with zero attached hydrogens (tertiary/aromatic N) is 1. The fourth-order valence-electron chi connectivity index (χ4n) is 3.83. The van der Waals surface area contributed by atoms with Crippen LogP contribution in [-0.4, -0.2) is 0 Å². The van der Waals surface area contributed by atoms with Crippen molar-refractivity contribution in [1.29, 1.82) is 0 Å². The van der Waals surface area contributed by atoms with E-state index in [2.05, 4.69) is 81.0 Å². The molecule has 1 aliphatic carbocycles. The first kappa shape index (κ1) is 14.2. The molecule has 0 aliphatic heterocycles. The lowest BCUT2D eigenvalue weighted by atomic mass is 9.93. The monoisotopic (exact) mass is 300 g/mol. The van der Waals surface area contributed by atoms with Crippen LogP contribution >= 0.6 is 0 Å². The Bertz CT molecular complexity index is 935. The van der Waals surface area contributed by atoms with Gasteiger partial charge < -0.3 is 0 Å². The average Bonchev–Trinajstić information content (AvgIpc) is 2.88. The van der Waals surface area contributed by atoms with Gasteiger partial charge in [0.25, 0.3) is 0 Å². The molecular formula is C22H22N+. The molecular weight excluding hydrogens is 278 g/mol. The molecule has 2 aromatic carbocycles. The van der Waals surface area contributed by atoms with Crippen LogP contribution in [0.5, 0.6) is 0 Å². The maximum atomic E-state index is 2.33. The molecule has 0 saturated heterocycles. The van der Waals surface area contributed by atoms with Crippen molar-refractivity contribution in [3.8, 4) is 22.4 Å². The molecule has 0 bridgehead atoms. The SMILES string of the molecule is Cc1ccc2c(c1)Cc1ccc(-c3cc(C)cc[n+]3C)c(C)c1-2. The van der Waals surface area contributed by atoms with Crippen molar-refractivity contribution >= 4 is 0 Å². The highest BCUT2D eigenvalue weighted by Crippen LogP contribution is 2.42. The summed E-state index contributed by atoms with van der Waals surface area (Å²) in [6.45, 7) is 6.60. The van der Waals surface area contributed by atoms with Crippen LogP contribution in [0, 0.1) is 20.8 Å². The van der Waals surface area contributed by atoms with Gasteiger partial charge in [-0.3, -0.25) is 0 Å². The van der Waals surface area contributed by atoms with Crippen LogP contribution < -0.4 is 4.57 Å². The van der Waals surface area contributed by atoms with Gasteiger partial charge in [-0.15, -0.1) is 0 Å². The lowest BCUT2D eigenvalue weighted by Gasteiger charge is -2.11. The highest BCUT2D eigenvalue weighted by molar-refractivity contribution is 5.84. The number of hydrogen-bond donors (Lipinski definition) is 0. The van der Waals surface area contributed by atoms with Crippen molar-refractivity contribution in [2.45, 2.75) is 27.2 Å². The molecule has 1 aromatic heterocycles. The van der Waals surface area contributed by atoms with E-state index in [1.54, 1.807) is 0 Å². The number of aromatic nitrogens is 1. The number of hydrogen-bond acceptors (Lipinski definition) is 0. The molecule has 1 nitrogen and oxygen atoms in total. The van der Waals surface area contributed by atoms with Gasteiger partial charge in [0.15, 0.2) is 6.20 Å². The Morgan fingerprint density at radius 3 is 2.35 bits per heavy atom. The number of aryl methyl sites for hydroxylation is 3. The molecule has 3 aromatic rings. The zero-order chi connectivity index (χ0) is 16.1. The molecule has 0 saturated carbocycles. The Kier molecular flexibility index (Phi) is 3.12. The zero-order valence-corrected chi connectivity index (χ0v) is 14.3. The fourth-order valence-corrected chi connectivity index (χ4v) is 3.83. The largest absolute Gasteiger partial charge is 0.212 e. The van der Waals surface area contributed by atoms with Crippen LogP contribution in [0.25, 0.3) is 22.4 Å². The van der Waals surface area contributed by atoms with Crippen LogP contribution in [0.3, 0.4) is 0 Å². The first-order chi connectivity index (χ1) is 11.0. The third-order valence-corrected chi connectivity index (χ3v) is 5.04. The second-order valence-corrected chi connectivity index (χ2v) is 6.81. The van der Waals surface area contributed by atoms with E-state index >= 15 is 0 Å². The molecule has 0 spiro atoms. The highest BCUT2D eigenvalue weighted by Gasteiger charge is 2.24. The predicted octanol–water partition coefficient (Wildman–Crippen LogP) is 4.67. The standard InChI is InChI=1S/C22H22N/c1-14-5-7-20-18(11-14)13-17-6-8-19(16(3)22(17)20)21-12-15(2)9-10-23(21)4/h5-12H,13H2,1-4H3/q+1. The minimum atomic E-state index is 1.06. The molecule has 0 atom stereocenters. The van der Waals surface area contributed by atoms with E-state index in [0.29, 0.717) is 0 Å². The van der Waals surface area contributed by atoms with Crippen LogP contribution in [-0.2, 0) is 13.5 Å². The first-order valence-electron chi connectivity index (χ1n) is 8.23. The summed E-state index contributed by atoms with van der Waals surface area (Å²) in [7, 11) is 2.12. The van der Waals surface area contributed by atoms with Crippen LogP contribution in [0.4, 0.5) is 0 Å². The Morgan fingerprint density at radius 2 is 1.52 bits per heavy atom. The molecule has 0 unspecified atom stereocenters. The minimum Gasteiger partial charge on any atom is -0.201 e. The van der Waals surface area contributed by atoms with E-state index in [4.69, 9.17) is 0 Å². The van der Waals surface area contributed by atoms with Gasteiger partial charge in [-0.2, -0.15) is 0 Å². The van der Waals surface area contributed by atoms with E-state index in [-0.39, 0.29) is 0 Å². The van der Waals surface area contributed by atoms with Gasteiger partial charge in [-0.25, -0.2) is 4.57 Å². The van der Waals surface area contributed by atoms with Crippen molar-refractivity contribution in [3.63, 3.8) is 0 Å². The molecule has 0 radical (unpaired) electrons. The third kappa shape index (κ3) is 2.19. The lowest BCUT2D eigenvalue weighted by Crippen LogP contribution is -2.30. The maximum Gasteiger partial charge on any atom is 0.212 e. The second-order valence-electron chi connectivity index (χ2n) is 6.81. The molecule has 1 aliphatic rings. The molecule has 1 heteroatoms. The molecule has 23 heavy (non-hydrogen) atoms. The summed E-state index contributed by atoms with van der Waals surface area (Å²) in [5.41, 5.74) is 12.4. The van der Waals surface area contributed by atoms with Crippen molar-refractivity contribution in [1.82, 2.24) is 0 Å². The summed E-state index contributed by atoms with van der Waals surface area (Å²) in [5.74, 6) is 0.